The van der Waals surface area contributed by atoms with Crippen LogP contribution < -0.4 is 0 Å². The molecule has 0 saturated carbocycles. The molecule has 0 N–H and O–H groups in total. The second-order valence-electron chi connectivity index (χ2n) is 5.54. The molecular weight excluding hydrogens is 296 g/mol. The molecule has 0 saturated heterocycles. The van der Waals surface area contributed by atoms with Crippen molar-refractivity contribution in [3.05, 3.63) is 58.9 Å². The van der Waals surface area contributed by atoms with E-state index in [2.05, 4.69) is 29.1 Å². The second-order valence-corrected chi connectivity index (χ2v) is 5.94. The molecule has 112 valence electrons. The number of fused-ring (bicyclic) bond motifs is 1. The summed E-state index contributed by atoms with van der Waals surface area (Å²) in [6.45, 7) is 6.16. The summed E-state index contributed by atoms with van der Waals surface area (Å²) in [5, 5.41) is 9.44. The fourth-order valence-corrected chi connectivity index (χ4v) is 2.41. The Bertz CT molecular complexity index is 849. The first-order chi connectivity index (χ1) is 10.6. The average molecular weight is 313 g/mol. The third-order valence-electron chi connectivity index (χ3n) is 3.49. The maximum absolute atomic E-state index is 6.13. The molecule has 0 aliphatic rings. The van der Waals surface area contributed by atoms with Gasteiger partial charge in [-0.1, -0.05) is 37.6 Å². The van der Waals surface area contributed by atoms with Crippen molar-refractivity contribution in [2.24, 2.45) is 10.2 Å². The standard InChI is InChI=1S/C17H17ClN4/c1-11(2)16-17(22-9-5-4-6-15(22)19-16)21-20-13-8-7-12(3)14(18)10-13/h4-11H,1-3H3. The highest BCUT2D eigenvalue weighted by Crippen LogP contribution is 2.30. The zero-order valence-electron chi connectivity index (χ0n) is 12.8. The maximum atomic E-state index is 6.13. The first-order valence-corrected chi connectivity index (χ1v) is 7.59. The van der Waals surface area contributed by atoms with Gasteiger partial charge in [-0.25, -0.2) is 4.98 Å². The van der Waals surface area contributed by atoms with E-state index in [1.807, 2.05) is 53.9 Å². The summed E-state index contributed by atoms with van der Waals surface area (Å²) in [5.41, 5.74) is 3.57. The molecule has 5 heteroatoms. The lowest BCUT2D eigenvalue weighted by Gasteiger charge is -2.02. The fourth-order valence-electron chi connectivity index (χ4n) is 2.24. The molecule has 0 amide bonds. The smallest absolute Gasteiger partial charge is 0.183 e. The molecule has 0 bridgehead atoms. The van der Waals surface area contributed by atoms with E-state index in [-0.39, 0.29) is 5.92 Å². The number of hydrogen-bond acceptors (Lipinski definition) is 3. The van der Waals surface area contributed by atoms with E-state index < -0.39 is 0 Å². The number of pyridine rings is 1. The molecule has 0 atom stereocenters. The quantitative estimate of drug-likeness (QED) is 0.560. The molecule has 0 fully saturated rings. The molecule has 0 spiro atoms. The van der Waals surface area contributed by atoms with Crippen molar-refractivity contribution in [1.29, 1.82) is 0 Å². The number of imidazole rings is 1. The number of aromatic nitrogens is 2. The molecule has 22 heavy (non-hydrogen) atoms. The van der Waals surface area contributed by atoms with Gasteiger partial charge in [0, 0.05) is 11.2 Å². The molecule has 0 aliphatic heterocycles. The van der Waals surface area contributed by atoms with Gasteiger partial charge < -0.3 is 0 Å². The molecule has 0 radical (unpaired) electrons. The normalized spacial score (nSPS) is 11.9. The Balaban J connectivity index is 2.07. The van der Waals surface area contributed by atoms with Gasteiger partial charge in [0.25, 0.3) is 0 Å². The molecule has 1 aromatic carbocycles. The lowest BCUT2D eigenvalue weighted by Crippen LogP contribution is -1.87. The van der Waals surface area contributed by atoms with E-state index in [4.69, 9.17) is 11.6 Å². The van der Waals surface area contributed by atoms with E-state index in [1.165, 1.54) is 0 Å². The Kier molecular flexibility index (Phi) is 3.94. The highest BCUT2D eigenvalue weighted by molar-refractivity contribution is 6.31. The average Bonchev–Trinajstić information content (AvgIpc) is 2.87. The first-order valence-electron chi connectivity index (χ1n) is 7.21. The second kappa shape index (κ2) is 5.89. The monoisotopic (exact) mass is 312 g/mol. The summed E-state index contributed by atoms with van der Waals surface area (Å²) in [6, 6.07) is 11.6. The van der Waals surface area contributed by atoms with Crippen molar-refractivity contribution in [2.75, 3.05) is 0 Å². The van der Waals surface area contributed by atoms with E-state index in [0.29, 0.717) is 5.02 Å². The van der Waals surface area contributed by atoms with Gasteiger partial charge in [-0.05, 0) is 42.7 Å². The van der Waals surface area contributed by atoms with Crippen LogP contribution in [0.2, 0.25) is 5.02 Å². The minimum Gasteiger partial charge on any atom is -0.283 e. The number of benzene rings is 1. The summed E-state index contributed by atoms with van der Waals surface area (Å²) in [5.74, 6) is 1.04. The van der Waals surface area contributed by atoms with Crippen LogP contribution in [0.25, 0.3) is 5.65 Å². The third kappa shape index (κ3) is 2.74. The predicted molar refractivity (Wildman–Crippen MR) is 89.6 cm³/mol. The molecular formula is C17H17ClN4. The van der Waals surface area contributed by atoms with Crippen molar-refractivity contribution in [2.45, 2.75) is 26.7 Å². The summed E-state index contributed by atoms with van der Waals surface area (Å²) in [7, 11) is 0. The largest absolute Gasteiger partial charge is 0.283 e. The van der Waals surface area contributed by atoms with Crippen LogP contribution in [0, 0.1) is 6.92 Å². The van der Waals surface area contributed by atoms with Crippen molar-refractivity contribution in [3.8, 4) is 0 Å². The lowest BCUT2D eigenvalue weighted by atomic mass is 10.1. The molecule has 2 heterocycles. The third-order valence-corrected chi connectivity index (χ3v) is 3.90. The SMILES string of the molecule is Cc1ccc(N=Nc2c(C(C)C)nc3ccccn23)cc1Cl. The number of aryl methyl sites for hydroxylation is 1. The molecule has 3 aromatic rings. The summed E-state index contributed by atoms with van der Waals surface area (Å²) >= 11 is 6.13. The van der Waals surface area contributed by atoms with Crippen molar-refractivity contribution in [1.82, 2.24) is 9.38 Å². The highest BCUT2D eigenvalue weighted by Gasteiger charge is 2.14. The van der Waals surface area contributed by atoms with Crippen LogP contribution in [0.1, 0.15) is 31.0 Å². The maximum Gasteiger partial charge on any atom is 0.183 e. The Morgan fingerprint density at radius 1 is 1.14 bits per heavy atom. The van der Waals surface area contributed by atoms with Crippen LogP contribution in [-0.4, -0.2) is 9.38 Å². The molecule has 0 aliphatic carbocycles. The van der Waals surface area contributed by atoms with Crippen LogP contribution in [0.4, 0.5) is 11.5 Å². The van der Waals surface area contributed by atoms with Gasteiger partial charge in [-0.15, -0.1) is 10.2 Å². The van der Waals surface area contributed by atoms with E-state index in [0.717, 1.165) is 28.4 Å². The Morgan fingerprint density at radius 3 is 2.68 bits per heavy atom. The number of halogens is 1. The van der Waals surface area contributed by atoms with Gasteiger partial charge in [0.2, 0.25) is 0 Å². The predicted octanol–water partition coefficient (Wildman–Crippen LogP) is 5.83. The zero-order chi connectivity index (χ0) is 15.7. The minimum absolute atomic E-state index is 0.274. The first kappa shape index (κ1) is 14.7. The molecule has 3 rings (SSSR count). The topological polar surface area (TPSA) is 42.0 Å². The van der Waals surface area contributed by atoms with Crippen LogP contribution >= 0.6 is 11.6 Å². The zero-order valence-corrected chi connectivity index (χ0v) is 13.5. The number of azo groups is 1. The van der Waals surface area contributed by atoms with Gasteiger partial charge in [-0.3, -0.25) is 4.40 Å². The van der Waals surface area contributed by atoms with Gasteiger partial charge >= 0.3 is 0 Å². The Morgan fingerprint density at radius 2 is 1.95 bits per heavy atom. The van der Waals surface area contributed by atoms with Crippen LogP contribution in [0.3, 0.4) is 0 Å². The van der Waals surface area contributed by atoms with Crippen LogP contribution in [0.5, 0.6) is 0 Å². The molecule has 4 nitrogen and oxygen atoms in total. The number of hydrogen-bond donors (Lipinski definition) is 0. The summed E-state index contributed by atoms with van der Waals surface area (Å²) in [4.78, 5) is 4.64. The van der Waals surface area contributed by atoms with Crippen molar-refractivity contribution < 1.29 is 0 Å². The highest BCUT2D eigenvalue weighted by atomic mass is 35.5. The number of rotatable bonds is 3. The lowest BCUT2D eigenvalue weighted by molar-refractivity contribution is 0.831. The van der Waals surface area contributed by atoms with Gasteiger partial charge in [0.05, 0.1) is 11.4 Å². The Labute approximate surface area is 134 Å². The van der Waals surface area contributed by atoms with Gasteiger partial charge in [0.1, 0.15) is 5.65 Å². The minimum atomic E-state index is 0.274. The van der Waals surface area contributed by atoms with Crippen molar-refractivity contribution in [3.63, 3.8) is 0 Å². The molecule has 0 unspecified atom stereocenters. The van der Waals surface area contributed by atoms with E-state index in [9.17, 15) is 0 Å². The summed E-state index contributed by atoms with van der Waals surface area (Å²) in [6.07, 6.45) is 1.95. The fraction of sp³-hybridized carbons (Fsp3) is 0.235. The van der Waals surface area contributed by atoms with Gasteiger partial charge in [0.15, 0.2) is 5.82 Å². The van der Waals surface area contributed by atoms with E-state index >= 15 is 0 Å². The molecule has 2 aromatic heterocycles. The van der Waals surface area contributed by atoms with Crippen molar-refractivity contribution >= 4 is 28.8 Å². The summed E-state index contributed by atoms with van der Waals surface area (Å²) < 4.78 is 1.95. The Hall–Kier alpha value is -2.20. The van der Waals surface area contributed by atoms with Crippen LogP contribution in [0.15, 0.2) is 52.8 Å². The van der Waals surface area contributed by atoms with E-state index in [1.54, 1.807) is 0 Å². The van der Waals surface area contributed by atoms with Gasteiger partial charge in [-0.2, -0.15) is 0 Å². The van der Waals surface area contributed by atoms with Crippen LogP contribution in [-0.2, 0) is 0 Å². The number of nitrogens with zero attached hydrogens (tertiary/aromatic N) is 4.